The highest BCUT2D eigenvalue weighted by atomic mass is 19.2. The summed E-state index contributed by atoms with van der Waals surface area (Å²) in [6, 6.07) is 4.56. The second-order valence-electron chi connectivity index (χ2n) is 3.79. The summed E-state index contributed by atoms with van der Waals surface area (Å²) in [6.07, 6.45) is 3.53. The van der Waals surface area contributed by atoms with E-state index < -0.39 is 11.6 Å². The first-order chi connectivity index (χ1) is 6.68. The van der Waals surface area contributed by atoms with Crippen LogP contribution < -0.4 is 4.90 Å². The molecule has 1 aliphatic rings. The van der Waals surface area contributed by atoms with Crippen LogP contribution in [0, 0.1) is 11.6 Å². The van der Waals surface area contributed by atoms with Crippen molar-refractivity contribution in [3.63, 3.8) is 0 Å². The third-order valence-corrected chi connectivity index (χ3v) is 2.93. The Balaban J connectivity index is 2.18. The smallest absolute Gasteiger partial charge is 0.160 e. The molecule has 76 valence electrons. The van der Waals surface area contributed by atoms with Crippen LogP contribution in [0.25, 0.3) is 0 Å². The lowest BCUT2D eigenvalue weighted by Gasteiger charge is -2.36. The number of hydrogen-bond donors (Lipinski definition) is 0. The van der Waals surface area contributed by atoms with Gasteiger partial charge in [0.05, 0.1) is 0 Å². The van der Waals surface area contributed by atoms with Crippen molar-refractivity contribution in [3.8, 4) is 0 Å². The second kappa shape index (κ2) is 3.56. The summed E-state index contributed by atoms with van der Waals surface area (Å²) in [5, 5.41) is 0. The summed E-state index contributed by atoms with van der Waals surface area (Å²) in [7, 11) is 1.93. The number of nitrogens with zero attached hydrogens (tertiary/aromatic N) is 1. The molecule has 0 bridgehead atoms. The first-order valence-corrected chi connectivity index (χ1v) is 4.86. The molecule has 1 aromatic rings. The number of hydrogen-bond acceptors (Lipinski definition) is 1. The van der Waals surface area contributed by atoms with Gasteiger partial charge in [-0.2, -0.15) is 0 Å². The molecule has 1 nitrogen and oxygen atoms in total. The molecule has 3 heteroatoms. The van der Waals surface area contributed by atoms with Gasteiger partial charge in [-0.05, 0) is 31.4 Å². The monoisotopic (exact) mass is 197 g/mol. The van der Waals surface area contributed by atoms with E-state index in [0.717, 1.165) is 18.5 Å². The Morgan fingerprint density at radius 1 is 1.21 bits per heavy atom. The number of halogens is 2. The van der Waals surface area contributed by atoms with Gasteiger partial charge in [0, 0.05) is 24.8 Å². The quantitative estimate of drug-likeness (QED) is 0.704. The van der Waals surface area contributed by atoms with Gasteiger partial charge in [-0.3, -0.25) is 0 Å². The van der Waals surface area contributed by atoms with Gasteiger partial charge in [0.2, 0.25) is 0 Å². The maximum atomic E-state index is 12.9. The molecular formula is C11H13F2N. The molecule has 0 spiro atoms. The van der Waals surface area contributed by atoms with Gasteiger partial charge in [0.1, 0.15) is 0 Å². The Kier molecular flexibility index (Phi) is 2.40. The molecule has 1 fully saturated rings. The number of rotatable bonds is 2. The standard InChI is InChI=1S/C11H13F2N/c1-14(8-3-2-4-8)9-5-6-10(12)11(13)7-9/h5-8H,2-4H2,1H3. The van der Waals surface area contributed by atoms with E-state index in [2.05, 4.69) is 0 Å². The van der Waals surface area contributed by atoms with E-state index in [9.17, 15) is 8.78 Å². The van der Waals surface area contributed by atoms with E-state index in [1.54, 1.807) is 6.07 Å². The molecule has 1 aliphatic carbocycles. The van der Waals surface area contributed by atoms with Gasteiger partial charge in [-0.15, -0.1) is 0 Å². The van der Waals surface area contributed by atoms with Crippen molar-refractivity contribution < 1.29 is 8.78 Å². The van der Waals surface area contributed by atoms with E-state index in [0.29, 0.717) is 6.04 Å². The van der Waals surface area contributed by atoms with E-state index in [-0.39, 0.29) is 0 Å². The first kappa shape index (κ1) is 9.44. The SMILES string of the molecule is CN(c1ccc(F)c(F)c1)C1CCC1. The summed E-state index contributed by atoms with van der Waals surface area (Å²) >= 11 is 0. The number of benzene rings is 1. The van der Waals surface area contributed by atoms with Crippen LogP contribution in [-0.4, -0.2) is 13.1 Å². The van der Waals surface area contributed by atoms with Crippen molar-refractivity contribution in [3.05, 3.63) is 29.8 Å². The topological polar surface area (TPSA) is 3.24 Å². The molecule has 1 aromatic carbocycles. The Morgan fingerprint density at radius 2 is 1.93 bits per heavy atom. The minimum absolute atomic E-state index is 0.500. The van der Waals surface area contributed by atoms with Gasteiger partial charge in [0.25, 0.3) is 0 Å². The molecule has 0 unspecified atom stereocenters. The fourth-order valence-corrected chi connectivity index (χ4v) is 1.69. The van der Waals surface area contributed by atoms with E-state index in [1.165, 1.54) is 18.6 Å². The van der Waals surface area contributed by atoms with Gasteiger partial charge in [-0.25, -0.2) is 8.78 Å². The Hall–Kier alpha value is -1.12. The largest absolute Gasteiger partial charge is 0.372 e. The third kappa shape index (κ3) is 1.59. The van der Waals surface area contributed by atoms with Crippen molar-refractivity contribution in [1.82, 2.24) is 0 Å². The highest BCUT2D eigenvalue weighted by Gasteiger charge is 2.22. The van der Waals surface area contributed by atoms with Gasteiger partial charge >= 0.3 is 0 Å². The van der Waals surface area contributed by atoms with Crippen LogP contribution >= 0.6 is 0 Å². The average molecular weight is 197 g/mol. The van der Waals surface area contributed by atoms with Crippen LogP contribution in [0.15, 0.2) is 18.2 Å². The normalized spacial score (nSPS) is 16.5. The van der Waals surface area contributed by atoms with Crippen LogP contribution in [0.3, 0.4) is 0 Å². The van der Waals surface area contributed by atoms with Gasteiger partial charge < -0.3 is 4.90 Å². The van der Waals surface area contributed by atoms with Crippen molar-refractivity contribution >= 4 is 5.69 Å². The van der Waals surface area contributed by atoms with Crippen molar-refractivity contribution in [1.29, 1.82) is 0 Å². The van der Waals surface area contributed by atoms with E-state index in [1.807, 2.05) is 11.9 Å². The van der Waals surface area contributed by atoms with Crippen molar-refractivity contribution in [2.24, 2.45) is 0 Å². The predicted molar refractivity (Wildman–Crippen MR) is 52.4 cm³/mol. The highest BCUT2D eigenvalue weighted by Crippen LogP contribution is 2.28. The molecule has 0 N–H and O–H groups in total. The summed E-state index contributed by atoms with van der Waals surface area (Å²) in [4.78, 5) is 2.02. The summed E-state index contributed by atoms with van der Waals surface area (Å²) < 4.78 is 25.6. The van der Waals surface area contributed by atoms with E-state index in [4.69, 9.17) is 0 Å². The summed E-state index contributed by atoms with van der Waals surface area (Å²) in [5.41, 5.74) is 0.758. The van der Waals surface area contributed by atoms with Crippen LogP contribution in [0.1, 0.15) is 19.3 Å². The fraction of sp³-hybridized carbons (Fsp3) is 0.455. The number of anilines is 1. The lowest BCUT2D eigenvalue weighted by atomic mass is 9.91. The summed E-state index contributed by atoms with van der Waals surface area (Å²) in [6.45, 7) is 0. The van der Waals surface area contributed by atoms with Crippen LogP contribution in [-0.2, 0) is 0 Å². The lowest BCUT2D eigenvalue weighted by molar-refractivity contribution is 0.400. The summed E-state index contributed by atoms with van der Waals surface area (Å²) in [5.74, 6) is -1.55. The molecule has 0 radical (unpaired) electrons. The van der Waals surface area contributed by atoms with Crippen LogP contribution in [0.5, 0.6) is 0 Å². The molecule has 14 heavy (non-hydrogen) atoms. The molecule has 0 aliphatic heterocycles. The zero-order chi connectivity index (χ0) is 10.1. The Morgan fingerprint density at radius 3 is 2.43 bits per heavy atom. The maximum absolute atomic E-state index is 12.9. The van der Waals surface area contributed by atoms with Crippen molar-refractivity contribution in [2.75, 3.05) is 11.9 Å². The van der Waals surface area contributed by atoms with Gasteiger partial charge in [-0.1, -0.05) is 0 Å². The predicted octanol–water partition coefficient (Wildman–Crippen LogP) is 2.95. The Bertz CT molecular complexity index is 334. The zero-order valence-electron chi connectivity index (χ0n) is 8.13. The van der Waals surface area contributed by atoms with Crippen LogP contribution in [0.4, 0.5) is 14.5 Å². The fourth-order valence-electron chi connectivity index (χ4n) is 1.69. The van der Waals surface area contributed by atoms with E-state index >= 15 is 0 Å². The highest BCUT2D eigenvalue weighted by molar-refractivity contribution is 5.47. The minimum atomic E-state index is -0.782. The molecule has 1 saturated carbocycles. The van der Waals surface area contributed by atoms with Gasteiger partial charge in [0.15, 0.2) is 11.6 Å². The Labute approximate surface area is 82.3 Å². The molecule has 2 rings (SSSR count). The zero-order valence-corrected chi connectivity index (χ0v) is 8.13. The molecule has 0 heterocycles. The third-order valence-electron chi connectivity index (χ3n) is 2.93. The van der Waals surface area contributed by atoms with Crippen molar-refractivity contribution in [2.45, 2.75) is 25.3 Å². The maximum Gasteiger partial charge on any atom is 0.160 e. The average Bonchev–Trinajstić information content (AvgIpc) is 2.06. The van der Waals surface area contributed by atoms with Crippen LogP contribution in [0.2, 0.25) is 0 Å². The molecular weight excluding hydrogens is 184 g/mol. The molecule has 0 atom stereocenters. The second-order valence-corrected chi connectivity index (χ2v) is 3.79. The molecule has 0 saturated heterocycles. The first-order valence-electron chi connectivity index (χ1n) is 4.86. The molecule has 0 aromatic heterocycles. The molecule has 0 amide bonds. The minimum Gasteiger partial charge on any atom is -0.372 e. The lowest BCUT2D eigenvalue weighted by Crippen LogP contribution is -2.37.